The van der Waals surface area contributed by atoms with Crippen LogP contribution in [0.4, 0.5) is 5.69 Å². The van der Waals surface area contributed by atoms with Gasteiger partial charge in [-0.15, -0.1) is 0 Å². The number of nitrogens with one attached hydrogen (secondary N) is 1. The van der Waals surface area contributed by atoms with E-state index >= 15 is 0 Å². The molecule has 0 unspecified atom stereocenters. The number of unbranched alkanes of at least 4 members (excludes halogenated alkanes) is 2. The first-order valence-corrected chi connectivity index (χ1v) is 12.6. The molecule has 2 amide bonds. The molecule has 2 aliphatic rings. The van der Waals surface area contributed by atoms with E-state index in [2.05, 4.69) is 11.9 Å². The lowest BCUT2D eigenvalue weighted by Crippen LogP contribution is -2.47. The summed E-state index contributed by atoms with van der Waals surface area (Å²) in [7, 11) is 0. The van der Waals surface area contributed by atoms with Crippen molar-refractivity contribution < 1.29 is 19.1 Å². The maximum Gasteiger partial charge on any atom is 0.330 e. The number of ether oxygens (including phenoxy) is 1. The van der Waals surface area contributed by atoms with Crippen LogP contribution in [0, 0.1) is 0 Å². The molecule has 1 N–H and O–H groups in total. The number of esters is 1. The van der Waals surface area contributed by atoms with Crippen molar-refractivity contribution in [2.45, 2.75) is 70.3 Å². The Hall–Kier alpha value is -3.15. The van der Waals surface area contributed by atoms with Crippen molar-refractivity contribution in [3.63, 3.8) is 0 Å². The van der Waals surface area contributed by atoms with Crippen LogP contribution in [0.15, 0.2) is 43.0 Å². The molecule has 0 spiro atoms. The van der Waals surface area contributed by atoms with E-state index in [1.165, 1.54) is 25.3 Å². The van der Waals surface area contributed by atoms with Gasteiger partial charge in [0.1, 0.15) is 0 Å². The van der Waals surface area contributed by atoms with Crippen molar-refractivity contribution in [1.82, 2.24) is 4.90 Å². The van der Waals surface area contributed by atoms with Crippen molar-refractivity contribution in [1.29, 1.82) is 0 Å². The summed E-state index contributed by atoms with van der Waals surface area (Å²) in [4.78, 5) is 39.6. The van der Waals surface area contributed by atoms with Gasteiger partial charge in [-0.05, 0) is 50.3 Å². The number of hydrogen-bond acceptors (Lipinski definition) is 5. The van der Waals surface area contributed by atoms with Crippen LogP contribution in [0.25, 0.3) is 10.8 Å². The van der Waals surface area contributed by atoms with Gasteiger partial charge in [0.25, 0.3) is 11.8 Å². The van der Waals surface area contributed by atoms with Gasteiger partial charge in [0, 0.05) is 46.2 Å². The van der Waals surface area contributed by atoms with Crippen molar-refractivity contribution in [3.8, 4) is 0 Å². The molecule has 6 heteroatoms. The zero-order chi connectivity index (χ0) is 23.9. The van der Waals surface area contributed by atoms with Gasteiger partial charge in [-0.25, -0.2) is 4.79 Å². The van der Waals surface area contributed by atoms with Crippen molar-refractivity contribution in [2.75, 3.05) is 18.5 Å². The predicted molar refractivity (Wildman–Crippen MR) is 134 cm³/mol. The Labute approximate surface area is 201 Å². The number of hydrogen-bond donors (Lipinski definition) is 1. The summed E-state index contributed by atoms with van der Waals surface area (Å²) in [5.74, 6) is -0.695. The quantitative estimate of drug-likeness (QED) is 0.219. The van der Waals surface area contributed by atoms with E-state index in [0.717, 1.165) is 68.0 Å². The van der Waals surface area contributed by atoms with Crippen LogP contribution in [0.1, 0.15) is 84.9 Å². The molecule has 34 heavy (non-hydrogen) atoms. The van der Waals surface area contributed by atoms with Crippen molar-refractivity contribution in [2.24, 2.45) is 0 Å². The normalized spacial score (nSPS) is 16.8. The second-order valence-electron chi connectivity index (χ2n) is 9.23. The second kappa shape index (κ2) is 11.3. The van der Waals surface area contributed by atoms with Crippen LogP contribution in [-0.2, 0) is 9.53 Å². The number of benzene rings is 2. The Bertz CT molecular complexity index is 1050. The van der Waals surface area contributed by atoms with Crippen LogP contribution in [-0.4, -0.2) is 41.9 Å². The molecule has 0 atom stereocenters. The molecule has 2 aromatic rings. The number of rotatable bonds is 9. The van der Waals surface area contributed by atoms with E-state index in [1.807, 2.05) is 30.3 Å². The Kier molecular flexibility index (Phi) is 7.99. The number of carbonyl (C=O) groups is 3. The first-order valence-electron chi connectivity index (χ1n) is 12.6. The molecule has 0 aromatic heterocycles. The lowest BCUT2D eigenvalue weighted by atomic mass is 9.89. The zero-order valence-electron chi connectivity index (χ0n) is 19.8. The first kappa shape index (κ1) is 24.0. The highest BCUT2D eigenvalue weighted by Crippen LogP contribution is 2.36. The highest BCUT2D eigenvalue weighted by Gasteiger charge is 2.37. The van der Waals surface area contributed by atoms with Crippen molar-refractivity contribution >= 4 is 34.2 Å². The molecule has 180 valence electrons. The Morgan fingerprint density at radius 2 is 1.68 bits per heavy atom. The number of carbonyl (C=O) groups excluding carboxylic acids is 3. The molecule has 1 aliphatic heterocycles. The molecular weight excluding hydrogens is 428 g/mol. The molecule has 2 aromatic carbocycles. The number of amides is 2. The summed E-state index contributed by atoms with van der Waals surface area (Å²) in [6.07, 6.45) is 11.3. The molecule has 6 nitrogen and oxygen atoms in total. The third kappa shape index (κ3) is 5.16. The lowest BCUT2D eigenvalue weighted by molar-refractivity contribution is -0.137. The Balaban J connectivity index is 1.46. The minimum Gasteiger partial charge on any atom is -0.463 e. The van der Waals surface area contributed by atoms with E-state index in [-0.39, 0.29) is 23.8 Å². The standard InChI is InChI=1S/C28H34N2O4/c1-2-25(31)34-19-10-6-9-18-29-24-17-16-23-26-21(24)14-11-15-22(26)27(32)30(28(23)33)20-12-7-4-3-5-8-13-20/h2,11,14-17,20,29H,1,3-10,12-13,18-19H2. The maximum absolute atomic E-state index is 13.5. The highest BCUT2D eigenvalue weighted by atomic mass is 16.5. The average molecular weight is 463 g/mol. The van der Waals surface area contributed by atoms with E-state index in [0.29, 0.717) is 17.7 Å². The van der Waals surface area contributed by atoms with Crippen molar-refractivity contribution in [3.05, 3.63) is 54.1 Å². The van der Waals surface area contributed by atoms with Gasteiger partial charge in [-0.2, -0.15) is 0 Å². The molecule has 4 rings (SSSR count). The molecule has 0 saturated heterocycles. The van der Waals surface area contributed by atoms with Crippen LogP contribution >= 0.6 is 0 Å². The van der Waals surface area contributed by atoms with E-state index in [9.17, 15) is 14.4 Å². The summed E-state index contributed by atoms with van der Waals surface area (Å²) in [6, 6.07) is 9.55. The fraction of sp³-hybridized carbons (Fsp3) is 0.464. The lowest BCUT2D eigenvalue weighted by Gasteiger charge is -2.35. The van der Waals surface area contributed by atoms with Crippen LogP contribution < -0.4 is 5.32 Å². The summed E-state index contributed by atoms with van der Waals surface area (Å²) in [5.41, 5.74) is 2.18. The predicted octanol–water partition coefficient (Wildman–Crippen LogP) is 5.86. The smallest absolute Gasteiger partial charge is 0.330 e. The zero-order valence-corrected chi connectivity index (χ0v) is 19.8. The molecule has 1 aliphatic carbocycles. The average Bonchev–Trinajstić information content (AvgIpc) is 2.83. The van der Waals surface area contributed by atoms with Gasteiger partial charge >= 0.3 is 5.97 Å². The monoisotopic (exact) mass is 462 g/mol. The Morgan fingerprint density at radius 3 is 2.41 bits per heavy atom. The minimum absolute atomic E-state index is 0.00717. The SMILES string of the molecule is C=CC(=O)OCCCCCNc1ccc2c3c(cccc13)C(=O)N(C1CCCCCCC1)C2=O. The number of anilines is 1. The van der Waals surface area contributed by atoms with E-state index < -0.39 is 0 Å². The largest absolute Gasteiger partial charge is 0.463 e. The summed E-state index contributed by atoms with van der Waals surface area (Å²) >= 11 is 0. The third-order valence-electron chi connectivity index (χ3n) is 6.93. The van der Waals surface area contributed by atoms with Gasteiger partial charge in [-0.1, -0.05) is 50.8 Å². The van der Waals surface area contributed by atoms with Gasteiger partial charge in [-0.3, -0.25) is 14.5 Å². The Morgan fingerprint density at radius 1 is 0.971 bits per heavy atom. The van der Waals surface area contributed by atoms with E-state index in [1.54, 1.807) is 4.90 Å². The number of nitrogens with zero attached hydrogens (tertiary/aromatic N) is 1. The molecular formula is C28H34N2O4. The van der Waals surface area contributed by atoms with E-state index in [4.69, 9.17) is 4.74 Å². The van der Waals surface area contributed by atoms with Gasteiger partial charge in [0.15, 0.2) is 0 Å². The van der Waals surface area contributed by atoms with Crippen LogP contribution in [0.5, 0.6) is 0 Å². The fourth-order valence-corrected chi connectivity index (χ4v) is 5.15. The first-order chi connectivity index (χ1) is 16.6. The topological polar surface area (TPSA) is 75.7 Å². The van der Waals surface area contributed by atoms with Crippen LogP contribution in [0.2, 0.25) is 0 Å². The number of imide groups is 1. The second-order valence-corrected chi connectivity index (χ2v) is 9.23. The minimum atomic E-state index is -0.390. The van der Waals surface area contributed by atoms with Gasteiger partial charge in [0.2, 0.25) is 0 Å². The molecule has 1 saturated carbocycles. The summed E-state index contributed by atoms with van der Waals surface area (Å²) in [6.45, 7) is 4.54. The third-order valence-corrected chi connectivity index (χ3v) is 6.93. The van der Waals surface area contributed by atoms with Gasteiger partial charge < -0.3 is 10.1 Å². The summed E-state index contributed by atoms with van der Waals surface area (Å²) in [5, 5.41) is 5.14. The fourth-order valence-electron chi connectivity index (χ4n) is 5.15. The van der Waals surface area contributed by atoms with Crippen LogP contribution in [0.3, 0.4) is 0 Å². The molecule has 0 bridgehead atoms. The summed E-state index contributed by atoms with van der Waals surface area (Å²) < 4.78 is 5.00. The molecule has 0 radical (unpaired) electrons. The maximum atomic E-state index is 13.5. The highest BCUT2D eigenvalue weighted by molar-refractivity contribution is 6.26. The molecule has 1 heterocycles. The van der Waals surface area contributed by atoms with Gasteiger partial charge in [0.05, 0.1) is 6.61 Å². The molecule has 1 fully saturated rings.